The number of aromatic nitrogens is 3. The van der Waals surface area contributed by atoms with E-state index in [1.54, 1.807) is 0 Å². The number of fused-ring (bicyclic) bond motifs is 10. The van der Waals surface area contributed by atoms with Crippen molar-refractivity contribution in [2.45, 2.75) is 18.8 Å². The first-order valence-electron chi connectivity index (χ1n) is 17.5. The van der Waals surface area contributed by atoms with E-state index in [0.717, 1.165) is 40.8 Å². The van der Waals surface area contributed by atoms with Gasteiger partial charge in [0.05, 0.1) is 33.9 Å². The lowest BCUT2D eigenvalue weighted by Gasteiger charge is -2.19. The van der Waals surface area contributed by atoms with Crippen LogP contribution in [0.2, 0.25) is 0 Å². The quantitative estimate of drug-likeness (QED) is 0.193. The van der Waals surface area contributed by atoms with Gasteiger partial charge in [-0.05, 0) is 99.5 Å². The summed E-state index contributed by atoms with van der Waals surface area (Å²) < 4.78 is 2.53. The normalized spacial score (nSPS) is 14.4. The number of rotatable bonds is 3. The number of hydrogen-bond donors (Lipinski definition) is 0. The van der Waals surface area contributed by atoms with Crippen LogP contribution in [-0.2, 0) is 12.8 Å². The third-order valence-electron chi connectivity index (χ3n) is 10.9. The molecule has 50 heavy (non-hydrogen) atoms. The molecule has 0 fully saturated rings. The largest absolute Gasteiger partial charge is 0.313 e. The van der Waals surface area contributed by atoms with E-state index in [2.05, 4.69) is 162 Å². The third-order valence-corrected chi connectivity index (χ3v) is 10.9. The molecule has 2 aliphatic rings. The van der Waals surface area contributed by atoms with Gasteiger partial charge in [-0.3, -0.25) is 0 Å². The summed E-state index contributed by atoms with van der Waals surface area (Å²) in [5.41, 5.74) is 18.0. The summed E-state index contributed by atoms with van der Waals surface area (Å²) in [4.78, 5) is 10.9. The van der Waals surface area contributed by atoms with Crippen molar-refractivity contribution in [3.8, 4) is 39.2 Å². The van der Waals surface area contributed by atoms with E-state index in [0.29, 0.717) is 0 Å². The van der Waals surface area contributed by atoms with Crippen molar-refractivity contribution in [3.63, 3.8) is 0 Å². The zero-order valence-corrected chi connectivity index (χ0v) is 27.3. The van der Waals surface area contributed by atoms with Crippen molar-refractivity contribution in [3.05, 3.63) is 186 Å². The van der Waals surface area contributed by atoms with Crippen LogP contribution in [0.15, 0.2) is 158 Å². The Hall–Kier alpha value is -6.32. The molecule has 2 heterocycles. The van der Waals surface area contributed by atoms with E-state index in [-0.39, 0.29) is 5.92 Å². The van der Waals surface area contributed by atoms with Crippen molar-refractivity contribution in [1.29, 1.82) is 0 Å². The molecule has 3 nitrogen and oxygen atoms in total. The number of nitrogens with zero attached hydrogens (tertiary/aromatic N) is 3. The summed E-state index contributed by atoms with van der Waals surface area (Å²) in [6, 6.07) is 57.3. The van der Waals surface area contributed by atoms with E-state index in [1.807, 2.05) is 0 Å². The minimum Gasteiger partial charge on any atom is -0.313 e. The molecule has 7 aromatic carbocycles. The Labute approximate surface area is 290 Å². The Balaban J connectivity index is 1.23. The average molecular weight is 638 g/mol. The van der Waals surface area contributed by atoms with E-state index in [4.69, 9.17) is 9.97 Å². The highest BCUT2D eigenvalue weighted by molar-refractivity contribution is 6.05. The van der Waals surface area contributed by atoms with Gasteiger partial charge in [0.15, 0.2) is 0 Å². The summed E-state index contributed by atoms with van der Waals surface area (Å²) in [6.45, 7) is 0. The molecule has 3 heteroatoms. The first kappa shape index (κ1) is 27.6. The van der Waals surface area contributed by atoms with Crippen molar-refractivity contribution in [2.24, 2.45) is 0 Å². The van der Waals surface area contributed by atoms with Crippen LogP contribution in [0.1, 0.15) is 34.0 Å². The fraction of sp³-hybridized carbons (Fsp3) is 0.0638. The zero-order chi connectivity index (χ0) is 32.8. The molecule has 0 saturated carbocycles. The maximum Gasteiger partial charge on any atom is 0.0935 e. The van der Waals surface area contributed by atoms with Crippen LogP contribution < -0.4 is 0 Å². The fourth-order valence-electron chi connectivity index (χ4n) is 8.74. The van der Waals surface area contributed by atoms with Gasteiger partial charge in [-0.15, -0.1) is 0 Å². The van der Waals surface area contributed by atoms with Gasteiger partial charge < -0.3 is 4.57 Å². The van der Waals surface area contributed by atoms with E-state index in [1.165, 1.54) is 72.0 Å². The second-order valence-electron chi connectivity index (χ2n) is 13.6. The Morgan fingerprint density at radius 1 is 0.520 bits per heavy atom. The molecular formula is C47H31N3. The molecule has 0 aliphatic heterocycles. The van der Waals surface area contributed by atoms with Crippen molar-refractivity contribution in [2.75, 3.05) is 0 Å². The van der Waals surface area contributed by atoms with Crippen molar-refractivity contribution >= 4 is 32.7 Å². The standard InChI is InChI=1S/C47H31N3/c1-2-15-33(16-3-1)50-42-25-24-30-13-6-7-17-34(30)44(42)39-27-37-35-18-8-9-19-36(35)45(38(37)28-43(39)50)47-46(48-40-20-10-11-21-41(40)49-47)32-23-22-29-12-4-5-14-31(29)26-32/h1-23,26-28,45H,24-25H2. The molecule has 0 spiro atoms. The second-order valence-corrected chi connectivity index (χ2v) is 13.6. The lowest BCUT2D eigenvalue weighted by molar-refractivity contribution is 0.865. The van der Waals surface area contributed by atoms with Crippen LogP contribution in [0.25, 0.3) is 71.9 Å². The second kappa shape index (κ2) is 10.6. The van der Waals surface area contributed by atoms with Crippen LogP contribution in [0, 0.1) is 0 Å². The first-order valence-corrected chi connectivity index (χ1v) is 17.5. The molecular weight excluding hydrogens is 607 g/mol. The van der Waals surface area contributed by atoms with Gasteiger partial charge in [0.2, 0.25) is 0 Å². The Kier molecular flexibility index (Phi) is 5.85. The summed E-state index contributed by atoms with van der Waals surface area (Å²) in [5.74, 6) is -0.0763. The predicted molar refractivity (Wildman–Crippen MR) is 205 cm³/mol. The van der Waals surface area contributed by atoms with Crippen molar-refractivity contribution in [1.82, 2.24) is 14.5 Å². The molecule has 0 radical (unpaired) electrons. The third kappa shape index (κ3) is 3.98. The number of hydrogen-bond acceptors (Lipinski definition) is 2. The van der Waals surface area contributed by atoms with Gasteiger partial charge in [-0.25, -0.2) is 9.97 Å². The summed E-state index contributed by atoms with van der Waals surface area (Å²) in [7, 11) is 0. The molecule has 9 aromatic rings. The first-order chi connectivity index (χ1) is 24.8. The summed E-state index contributed by atoms with van der Waals surface area (Å²) >= 11 is 0. The molecule has 0 N–H and O–H groups in total. The Morgan fingerprint density at radius 3 is 2.12 bits per heavy atom. The average Bonchev–Trinajstić information content (AvgIpc) is 3.68. The molecule has 2 aliphatic carbocycles. The molecule has 1 unspecified atom stereocenters. The number of aryl methyl sites for hydroxylation is 1. The van der Waals surface area contributed by atoms with E-state index >= 15 is 0 Å². The highest BCUT2D eigenvalue weighted by atomic mass is 15.0. The van der Waals surface area contributed by atoms with Crippen LogP contribution in [0.5, 0.6) is 0 Å². The van der Waals surface area contributed by atoms with Gasteiger partial charge in [0, 0.05) is 27.9 Å². The minimum absolute atomic E-state index is 0.0763. The fourth-order valence-corrected chi connectivity index (χ4v) is 8.74. The van der Waals surface area contributed by atoms with Gasteiger partial charge >= 0.3 is 0 Å². The summed E-state index contributed by atoms with van der Waals surface area (Å²) in [6.07, 6.45) is 2.04. The molecule has 0 bridgehead atoms. The molecule has 0 amide bonds. The highest BCUT2D eigenvalue weighted by Gasteiger charge is 2.36. The molecule has 2 aromatic heterocycles. The van der Waals surface area contributed by atoms with Gasteiger partial charge in [0.25, 0.3) is 0 Å². The van der Waals surface area contributed by atoms with Crippen molar-refractivity contribution < 1.29 is 0 Å². The molecule has 11 rings (SSSR count). The Bertz CT molecular complexity index is 2830. The van der Waals surface area contributed by atoms with Gasteiger partial charge in [-0.1, -0.05) is 115 Å². The van der Waals surface area contributed by atoms with E-state index in [9.17, 15) is 0 Å². The highest BCUT2D eigenvalue weighted by Crippen LogP contribution is 2.53. The SMILES string of the molecule is c1ccc(-n2c3c(c4cc5c(cc42)C(c2nc4ccccc4nc2-c2ccc4ccccc4c2)c2ccccc2-5)-c2ccccc2CC3)cc1. The lowest BCUT2D eigenvalue weighted by Crippen LogP contribution is -2.08. The number of benzene rings is 7. The maximum atomic E-state index is 5.50. The van der Waals surface area contributed by atoms with E-state index < -0.39 is 0 Å². The molecule has 1 atom stereocenters. The smallest absolute Gasteiger partial charge is 0.0935 e. The summed E-state index contributed by atoms with van der Waals surface area (Å²) in [5, 5.41) is 3.73. The van der Waals surface area contributed by atoms with Gasteiger partial charge in [0.1, 0.15) is 0 Å². The van der Waals surface area contributed by atoms with Crippen LogP contribution in [-0.4, -0.2) is 14.5 Å². The lowest BCUT2D eigenvalue weighted by atomic mass is 9.87. The molecule has 0 saturated heterocycles. The monoisotopic (exact) mass is 637 g/mol. The topological polar surface area (TPSA) is 30.7 Å². The van der Waals surface area contributed by atoms with Crippen LogP contribution >= 0.6 is 0 Å². The van der Waals surface area contributed by atoms with Crippen LogP contribution in [0.4, 0.5) is 0 Å². The predicted octanol–water partition coefficient (Wildman–Crippen LogP) is 11.3. The number of para-hydroxylation sites is 3. The maximum absolute atomic E-state index is 5.50. The minimum atomic E-state index is -0.0763. The van der Waals surface area contributed by atoms with Gasteiger partial charge in [-0.2, -0.15) is 0 Å². The molecule has 234 valence electrons. The zero-order valence-electron chi connectivity index (χ0n) is 27.3. The van der Waals surface area contributed by atoms with Crippen LogP contribution in [0.3, 0.4) is 0 Å². The Morgan fingerprint density at radius 2 is 1.24 bits per heavy atom.